The molecular formula is C18H28N2O3S. The average Bonchev–Trinajstić information content (AvgIpc) is 3.38. The van der Waals surface area contributed by atoms with Gasteiger partial charge >= 0.3 is 0 Å². The van der Waals surface area contributed by atoms with E-state index in [2.05, 4.69) is 5.32 Å². The van der Waals surface area contributed by atoms with Gasteiger partial charge < -0.3 is 10.1 Å². The average molecular weight is 353 g/mol. The van der Waals surface area contributed by atoms with E-state index in [4.69, 9.17) is 4.74 Å². The predicted molar refractivity (Wildman–Crippen MR) is 94.7 cm³/mol. The molecule has 6 heteroatoms. The van der Waals surface area contributed by atoms with E-state index in [0.717, 1.165) is 25.3 Å². The highest BCUT2D eigenvalue weighted by molar-refractivity contribution is 7.89. The fourth-order valence-electron chi connectivity index (χ4n) is 3.07. The van der Waals surface area contributed by atoms with Crippen LogP contribution in [0.2, 0.25) is 0 Å². The van der Waals surface area contributed by atoms with Gasteiger partial charge in [-0.25, -0.2) is 8.42 Å². The minimum Gasteiger partial charge on any atom is -0.491 e. The van der Waals surface area contributed by atoms with Crippen LogP contribution in [0.1, 0.15) is 39.5 Å². The summed E-state index contributed by atoms with van der Waals surface area (Å²) in [5.41, 5.74) is 0. The minimum atomic E-state index is -3.40. The summed E-state index contributed by atoms with van der Waals surface area (Å²) in [6, 6.07) is 7.21. The van der Waals surface area contributed by atoms with Crippen molar-refractivity contribution < 1.29 is 13.2 Å². The van der Waals surface area contributed by atoms with Crippen LogP contribution in [0.15, 0.2) is 29.2 Å². The monoisotopic (exact) mass is 352 g/mol. The molecule has 1 N–H and O–H groups in total. The largest absolute Gasteiger partial charge is 0.491 e. The molecule has 0 unspecified atom stereocenters. The van der Waals surface area contributed by atoms with E-state index in [1.165, 1.54) is 12.8 Å². The molecule has 0 aromatic heterocycles. The summed E-state index contributed by atoms with van der Waals surface area (Å²) in [5.74, 6) is 1.56. The molecule has 1 heterocycles. The summed E-state index contributed by atoms with van der Waals surface area (Å²) in [7, 11) is -3.40. The van der Waals surface area contributed by atoms with Crippen molar-refractivity contribution in [2.75, 3.05) is 19.6 Å². The van der Waals surface area contributed by atoms with Crippen LogP contribution in [0.25, 0.3) is 0 Å². The molecule has 24 heavy (non-hydrogen) atoms. The van der Waals surface area contributed by atoms with Gasteiger partial charge in [0, 0.05) is 19.1 Å². The molecule has 3 rings (SSSR count). The molecule has 0 radical (unpaired) electrons. The molecule has 0 bridgehead atoms. The SMILES string of the molecule is CC(C)Oc1ccc(S(=O)(=O)N2CCC(NCC3CC3)CC2)cc1. The third kappa shape index (κ3) is 4.49. The first-order chi connectivity index (χ1) is 11.4. The summed E-state index contributed by atoms with van der Waals surface area (Å²) in [6.07, 6.45) is 4.55. The Kier molecular flexibility index (Phi) is 5.47. The van der Waals surface area contributed by atoms with Gasteiger partial charge in [-0.2, -0.15) is 4.31 Å². The molecule has 2 aliphatic rings. The molecule has 1 saturated heterocycles. The second kappa shape index (κ2) is 7.42. The normalized spacial score (nSPS) is 20.5. The number of sulfonamides is 1. The second-order valence-electron chi connectivity index (χ2n) is 7.17. The lowest BCUT2D eigenvalue weighted by Gasteiger charge is -2.31. The maximum absolute atomic E-state index is 12.8. The topological polar surface area (TPSA) is 58.6 Å². The highest BCUT2D eigenvalue weighted by Gasteiger charge is 2.30. The lowest BCUT2D eigenvalue weighted by atomic mass is 10.1. The van der Waals surface area contributed by atoms with Crippen LogP contribution >= 0.6 is 0 Å². The van der Waals surface area contributed by atoms with Crippen molar-refractivity contribution in [3.8, 4) is 5.75 Å². The fourth-order valence-corrected chi connectivity index (χ4v) is 4.54. The molecule has 5 nitrogen and oxygen atoms in total. The standard InChI is InChI=1S/C18H28N2O3S/c1-14(2)23-17-5-7-18(8-6-17)24(21,22)20-11-9-16(10-12-20)19-13-15-3-4-15/h5-8,14-16,19H,3-4,9-13H2,1-2H3. The smallest absolute Gasteiger partial charge is 0.243 e. The Balaban J connectivity index is 1.56. The molecule has 0 amide bonds. The van der Waals surface area contributed by atoms with Crippen molar-refractivity contribution in [3.63, 3.8) is 0 Å². The van der Waals surface area contributed by atoms with Gasteiger partial charge in [0.15, 0.2) is 0 Å². The van der Waals surface area contributed by atoms with E-state index in [1.807, 2.05) is 13.8 Å². The molecule has 1 aromatic carbocycles. The van der Waals surface area contributed by atoms with Crippen LogP contribution in [-0.4, -0.2) is 44.5 Å². The Morgan fingerprint density at radius 3 is 2.29 bits per heavy atom. The van der Waals surface area contributed by atoms with Crippen LogP contribution in [-0.2, 0) is 10.0 Å². The minimum absolute atomic E-state index is 0.0784. The van der Waals surface area contributed by atoms with E-state index >= 15 is 0 Å². The molecule has 0 atom stereocenters. The van der Waals surface area contributed by atoms with E-state index < -0.39 is 10.0 Å². The van der Waals surface area contributed by atoms with Gasteiger partial charge in [-0.05, 0) is 76.3 Å². The van der Waals surface area contributed by atoms with E-state index in [9.17, 15) is 8.42 Å². The molecule has 0 spiro atoms. The van der Waals surface area contributed by atoms with Crippen molar-refractivity contribution >= 4 is 10.0 Å². The second-order valence-corrected chi connectivity index (χ2v) is 9.11. The zero-order valence-corrected chi connectivity index (χ0v) is 15.4. The summed E-state index contributed by atoms with van der Waals surface area (Å²) < 4.78 is 32.7. The van der Waals surface area contributed by atoms with Crippen LogP contribution in [0.4, 0.5) is 0 Å². The Labute approximate surface area is 145 Å². The van der Waals surface area contributed by atoms with Gasteiger partial charge in [-0.15, -0.1) is 0 Å². The Morgan fingerprint density at radius 1 is 1.12 bits per heavy atom. The number of rotatable bonds is 7. The molecule has 1 saturated carbocycles. The lowest BCUT2D eigenvalue weighted by Crippen LogP contribution is -2.45. The first-order valence-corrected chi connectivity index (χ1v) is 10.4. The van der Waals surface area contributed by atoms with Gasteiger partial charge in [-0.3, -0.25) is 0 Å². The van der Waals surface area contributed by atoms with Crippen LogP contribution in [0.5, 0.6) is 5.75 Å². The van der Waals surface area contributed by atoms with E-state index in [1.54, 1.807) is 28.6 Å². The van der Waals surface area contributed by atoms with Crippen molar-refractivity contribution in [1.29, 1.82) is 0 Å². The van der Waals surface area contributed by atoms with Crippen molar-refractivity contribution in [2.24, 2.45) is 5.92 Å². The molecule has 1 aliphatic heterocycles. The third-order valence-corrected chi connectivity index (χ3v) is 6.59. The van der Waals surface area contributed by atoms with Gasteiger partial charge in [0.05, 0.1) is 11.0 Å². The predicted octanol–water partition coefficient (Wildman–Crippen LogP) is 2.63. The van der Waals surface area contributed by atoms with E-state index in [-0.39, 0.29) is 6.10 Å². The van der Waals surface area contributed by atoms with Gasteiger partial charge in [0.2, 0.25) is 10.0 Å². The molecular weight excluding hydrogens is 324 g/mol. The highest BCUT2D eigenvalue weighted by atomic mass is 32.2. The Morgan fingerprint density at radius 2 is 1.75 bits per heavy atom. The quantitative estimate of drug-likeness (QED) is 0.819. The number of hydrogen-bond acceptors (Lipinski definition) is 4. The van der Waals surface area contributed by atoms with Crippen molar-refractivity contribution in [3.05, 3.63) is 24.3 Å². The van der Waals surface area contributed by atoms with Gasteiger partial charge in [-0.1, -0.05) is 0 Å². The van der Waals surface area contributed by atoms with Gasteiger partial charge in [0.1, 0.15) is 5.75 Å². The maximum Gasteiger partial charge on any atom is 0.243 e. The number of nitrogens with zero attached hydrogens (tertiary/aromatic N) is 1. The zero-order chi connectivity index (χ0) is 17.2. The third-order valence-electron chi connectivity index (χ3n) is 4.68. The first kappa shape index (κ1) is 17.7. The molecule has 2 fully saturated rings. The maximum atomic E-state index is 12.8. The van der Waals surface area contributed by atoms with Crippen LogP contribution < -0.4 is 10.1 Å². The summed E-state index contributed by atoms with van der Waals surface area (Å²) in [4.78, 5) is 0.350. The van der Waals surface area contributed by atoms with Crippen LogP contribution in [0.3, 0.4) is 0 Å². The number of benzene rings is 1. The fraction of sp³-hybridized carbons (Fsp3) is 0.667. The van der Waals surface area contributed by atoms with E-state index in [0.29, 0.717) is 29.8 Å². The number of nitrogens with one attached hydrogen (secondary N) is 1. The number of hydrogen-bond donors (Lipinski definition) is 1. The molecule has 1 aliphatic carbocycles. The highest BCUT2D eigenvalue weighted by Crippen LogP contribution is 2.28. The number of ether oxygens (including phenoxy) is 1. The summed E-state index contributed by atoms with van der Waals surface area (Å²) in [5, 5.41) is 3.58. The van der Waals surface area contributed by atoms with Crippen molar-refractivity contribution in [1.82, 2.24) is 9.62 Å². The van der Waals surface area contributed by atoms with Crippen LogP contribution in [0, 0.1) is 5.92 Å². The number of piperidine rings is 1. The lowest BCUT2D eigenvalue weighted by molar-refractivity contribution is 0.242. The van der Waals surface area contributed by atoms with Gasteiger partial charge in [0.25, 0.3) is 0 Å². The summed E-state index contributed by atoms with van der Waals surface area (Å²) in [6.45, 7) is 6.18. The zero-order valence-electron chi connectivity index (χ0n) is 14.6. The van der Waals surface area contributed by atoms with Crippen molar-refractivity contribution in [2.45, 2.75) is 56.6 Å². The Hall–Kier alpha value is -1.11. The first-order valence-electron chi connectivity index (χ1n) is 8.95. The Bertz CT molecular complexity index is 631. The molecule has 1 aromatic rings. The summed E-state index contributed by atoms with van der Waals surface area (Å²) >= 11 is 0. The molecule has 134 valence electrons.